The van der Waals surface area contributed by atoms with Crippen molar-refractivity contribution in [2.45, 2.75) is 51.0 Å². The van der Waals surface area contributed by atoms with Crippen LogP contribution < -0.4 is 10.6 Å². The van der Waals surface area contributed by atoms with E-state index in [9.17, 15) is 35.9 Å². The van der Waals surface area contributed by atoms with Gasteiger partial charge in [0.05, 0.1) is 10.7 Å². The Labute approximate surface area is 224 Å². The second-order valence-corrected chi connectivity index (χ2v) is 9.68. The third kappa shape index (κ3) is 7.02. The summed E-state index contributed by atoms with van der Waals surface area (Å²) in [4.78, 5) is 33.6. The lowest BCUT2D eigenvalue weighted by molar-refractivity contribution is -0.186. The summed E-state index contributed by atoms with van der Waals surface area (Å²) in [7, 11) is 0. The van der Waals surface area contributed by atoms with Crippen molar-refractivity contribution in [3.05, 3.63) is 40.0 Å². The molecule has 15 heteroatoms. The molecule has 0 saturated carbocycles. The second-order valence-electron chi connectivity index (χ2n) is 9.27. The first-order valence-electron chi connectivity index (χ1n) is 12.2. The van der Waals surface area contributed by atoms with Crippen molar-refractivity contribution in [1.29, 1.82) is 0 Å². The van der Waals surface area contributed by atoms with Gasteiger partial charge in [0.25, 0.3) is 0 Å². The van der Waals surface area contributed by atoms with Crippen LogP contribution in [0.1, 0.15) is 42.4 Å². The van der Waals surface area contributed by atoms with Gasteiger partial charge in [-0.3, -0.25) is 9.59 Å². The van der Waals surface area contributed by atoms with Crippen LogP contribution in [0.4, 0.5) is 43.8 Å². The first-order valence-corrected chi connectivity index (χ1v) is 12.6. The Kier molecular flexibility index (Phi) is 8.42. The van der Waals surface area contributed by atoms with Gasteiger partial charge in [0.2, 0.25) is 11.9 Å². The lowest BCUT2D eigenvalue weighted by Gasteiger charge is -2.30. The zero-order valence-electron chi connectivity index (χ0n) is 20.6. The van der Waals surface area contributed by atoms with Gasteiger partial charge >= 0.3 is 18.3 Å². The molecule has 1 fully saturated rings. The molecule has 0 spiro atoms. The van der Waals surface area contributed by atoms with Crippen LogP contribution in [0.2, 0.25) is 5.02 Å². The van der Waals surface area contributed by atoms with Gasteiger partial charge in [-0.05, 0) is 48.9 Å². The summed E-state index contributed by atoms with van der Waals surface area (Å²) in [5.41, 5.74) is 0.247. The van der Waals surface area contributed by atoms with Crippen molar-refractivity contribution in [1.82, 2.24) is 19.8 Å². The molecule has 0 unspecified atom stereocenters. The van der Waals surface area contributed by atoms with Gasteiger partial charge in [-0.2, -0.15) is 31.3 Å². The minimum absolute atomic E-state index is 0.0346. The Balaban J connectivity index is 1.46. The number of fused-ring (bicyclic) bond motifs is 1. The number of hydrogen-bond acceptors (Lipinski definition) is 6. The Morgan fingerprint density at radius 3 is 2.51 bits per heavy atom. The fourth-order valence-corrected chi connectivity index (χ4v) is 4.74. The molecule has 3 heterocycles. The third-order valence-corrected chi connectivity index (χ3v) is 6.80. The number of carbonyl (C=O) groups is 2. The normalized spacial score (nSPS) is 16.2. The van der Waals surface area contributed by atoms with E-state index in [1.54, 1.807) is 11.0 Å². The molecule has 1 aromatic carbocycles. The molecule has 2 aliphatic rings. The summed E-state index contributed by atoms with van der Waals surface area (Å²) >= 11 is 6.29. The maximum absolute atomic E-state index is 13.6. The average molecular weight is 579 g/mol. The number of anilines is 3. The predicted octanol–water partition coefficient (Wildman–Crippen LogP) is 5.15. The van der Waals surface area contributed by atoms with Crippen molar-refractivity contribution >= 4 is 40.9 Å². The number of aromatic nitrogens is 2. The van der Waals surface area contributed by atoms with E-state index >= 15 is 0 Å². The lowest BCUT2D eigenvalue weighted by Crippen LogP contribution is -2.43. The van der Waals surface area contributed by atoms with E-state index in [0.717, 1.165) is 12.8 Å². The van der Waals surface area contributed by atoms with Crippen molar-refractivity contribution in [2.24, 2.45) is 0 Å². The van der Waals surface area contributed by atoms with Crippen molar-refractivity contribution in [2.75, 3.05) is 36.8 Å². The molecule has 2 aliphatic heterocycles. The number of amides is 2. The molecular weight excluding hydrogens is 554 g/mol. The van der Waals surface area contributed by atoms with Crippen LogP contribution in [0, 0.1) is 0 Å². The largest absolute Gasteiger partial charge is 0.471 e. The highest BCUT2D eigenvalue weighted by Gasteiger charge is 2.43. The molecular formula is C24H25ClF6N6O2. The first kappa shape index (κ1) is 28.7. The van der Waals surface area contributed by atoms with Crippen LogP contribution in [0.3, 0.4) is 0 Å². The van der Waals surface area contributed by atoms with Gasteiger partial charge in [-0.15, -0.1) is 0 Å². The molecule has 2 amide bonds. The molecule has 39 heavy (non-hydrogen) atoms. The molecule has 0 bridgehead atoms. The van der Waals surface area contributed by atoms with Gasteiger partial charge < -0.3 is 20.4 Å². The molecule has 1 aromatic heterocycles. The minimum Gasteiger partial charge on any atom is -0.369 e. The quantitative estimate of drug-likeness (QED) is 0.349. The fourth-order valence-electron chi connectivity index (χ4n) is 4.51. The number of halogens is 7. The topological polar surface area (TPSA) is 90.5 Å². The molecule has 0 radical (unpaired) electrons. The smallest absolute Gasteiger partial charge is 0.369 e. The monoisotopic (exact) mass is 578 g/mol. The average Bonchev–Trinajstić information content (AvgIpc) is 2.86. The number of nitrogens with one attached hydrogen (secondary N) is 2. The summed E-state index contributed by atoms with van der Waals surface area (Å²) in [6, 6.07) is 2.96. The molecule has 0 aliphatic carbocycles. The van der Waals surface area contributed by atoms with Gasteiger partial charge in [-0.1, -0.05) is 11.6 Å². The zero-order chi connectivity index (χ0) is 28.4. The number of alkyl halides is 6. The highest BCUT2D eigenvalue weighted by molar-refractivity contribution is 6.33. The minimum atomic E-state index is -4.99. The molecule has 8 nitrogen and oxygen atoms in total. The van der Waals surface area contributed by atoms with Crippen LogP contribution in [-0.4, -0.2) is 63.9 Å². The Bertz CT molecular complexity index is 1240. The van der Waals surface area contributed by atoms with E-state index in [-0.39, 0.29) is 48.6 Å². The molecule has 2 N–H and O–H groups in total. The second kappa shape index (κ2) is 11.4. The van der Waals surface area contributed by atoms with Crippen LogP contribution in [-0.2, 0) is 28.7 Å². The van der Waals surface area contributed by atoms with Crippen LogP contribution >= 0.6 is 11.6 Å². The van der Waals surface area contributed by atoms with E-state index in [4.69, 9.17) is 11.6 Å². The third-order valence-electron chi connectivity index (χ3n) is 6.49. The highest BCUT2D eigenvalue weighted by atomic mass is 35.5. The predicted molar refractivity (Wildman–Crippen MR) is 130 cm³/mol. The van der Waals surface area contributed by atoms with Gasteiger partial charge in [0.1, 0.15) is 11.4 Å². The van der Waals surface area contributed by atoms with E-state index in [2.05, 4.69) is 20.6 Å². The molecule has 0 atom stereocenters. The fraction of sp³-hybridized carbons (Fsp3) is 0.500. The first-order chi connectivity index (χ1) is 18.3. The maximum Gasteiger partial charge on any atom is 0.471 e. The summed E-state index contributed by atoms with van der Waals surface area (Å²) < 4.78 is 79.1. The summed E-state index contributed by atoms with van der Waals surface area (Å²) in [6.45, 7) is 0.754. The summed E-state index contributed by atoms with van der Waals surface area (Å²) in [6.07, 6.45) is -6.31. The number of benzene rings is 1. The number of rotatable bonds is 7. The molecule has 4 rings (SSSR count). The highest BCUT2D eigenvalue weighted by Crippen LogP contribution is 2.36. The van der Waals surface area contributed by atoms with Crippen LogP contribution in [0.25, 0.3) is 0 Å². The SMILES string of the molecule is O=C1CCCCN1CCCNc1nc(Nc2cc3c(cc2Cl)CN(C(=O)C(F)(F)F)CC3)ncc1C(F)(F)F. The number of carbonyl (C=O) groups excluding carboxylic acids is 2. The lowest BCUT2D eigenvalue weighted by atomic mass is 9.99. The van der Waals surface area contributed by atoms with Gasteiger partial charge in [0, 0.05) is 45.3 Å². The number of likely N-dealkylation sites (tertiary alicyclic amines) is 1. The summed E-state index contributed by atoms with van der Waals surface area (Å²) in [5, 5.41) is 5.52. The Morgan fingerprint density at radius 1 is 1.05 bits per heavy atom. The van der Waals surface area contributed by atoms with E-state index in [1.807, 2.05) is 0 Å². The van der Waals surface area contributed by atoms with Crippen LogP contribution in [0.15, 0.2) is 18.3 Å². The number of nitrogens with zero attached hydrogens (tertiary/aromatic N) is 4. The van der Waals surface area contributed by atoms with E-state index in [0.29, 0.717) is 48.2 Å². The van der Waals surface area contributed by atoms with Gasteiger partial charge in [0.15, 0.2) is 0 Å². The standard InChI is InChI=1S/C24H25ClF6N6O2/c25-17-10-15-13-37(21(39)24(29,30)31)9-5-14(15)11-18(17)34-22-33-12-16(23(26,27)28)20(35-22)32-6-3-8-36-7-2-1-4-19(36)38/h10-12H,1-9,13H2,(H2,32,33,34,35). The van der Waals surface area contributed by atoms with E-state index < -0.39 is 29.6 Å². The Hall–Kier alpha value is -3.29. The van der Waals surface area contributed by atoms with Crippen molar-refractivity contribution in [3.8, 4) is 0 Å². The van der Waals surface area contributed by atoms with E-state index in [1.165, 1.54) is 6.07 Å². The van der Waals surface area contributed by atoms with Crippen LogP contribution in [0.5, 0.6) is 0 Å². The number of hydrogen-bond donors (Lipinski definition) is 2. The zero-order valence-corrected chi connectivity index (χ0v) is 21.3. The van der Waals surface area contributed by atoms with Crippen molar-refractivity contribution in [3.63, 3.8) is 0 Å². The maximum atomic E-state index is 13.6. The van der Waals surface area contributed by atoms with Crippen molar-refractivity contribution < 1.29 is 35.9 Å². The Morgan fingerprint density at radius 2 is 1.82 bits per heavy atom. The summed E-state index contributed by atoms with van der Waals surface area (Å²) in [5.74, 6) is -2.52. The molecule has 212 valence electrons. The molecule has 2 aromatic rings. The number of piperidine rings is 1. The molecule has 1 saturated heterocycles. The van der Waals surface area contributed by atoms with Gasteiger partial charge in [-0.25, -0.2) is 4.98 Å².